The number of hydrogen-bond acceptors (Lipinski definition) is 6. The van der Waals surface area contributed by atoms with E-state index in [-0.39, 0.29) is 5.34 Å². The van der Waals surface area contributed by atoms with E-state index in [1.54, 1.807) is 0 Å². The molecule has 0 aliphatic heterocycles. The molecule has 0 amide bonds. The second-order valence-corrected chi connectivity index (χ2v) is 0.664. The molecule has 0 aliphatic carbocycles. The highest BCUT2D eigenvalue weighted by atomic mass is 32.1. The summed E-state index contributed by atoms with van der Waals surface area (Å²) < 4.78 is 3.75. The van der Waals surface area contributed by atoms with Gasteiger partial charge in [-0.05, 0) is 5.22 Å². The molecule has 0 atom stereocenters. The van der Waals surface area contributed by atoms with Gasteiger partial charge in [-0.15, -0.1) is 0 Å². The Kier molecular flexibility index (Phi) is 3.61. The van der Waals surface area contributed by atoms with E-state index < -0.39 is 0 Å². The van der Waals surface area contributed by atoms with Gasteiger partial charge < -0.3 is 0 Å². The van der Waals surface area contributed by atoms with Crippen LogP contribution < -0.4 is 0 Å². The predicted molar refractivity (Wildman–Crippen MR) is 20.8 cm³/mol. The first-order valence-corrected chi connectivity index (χ1v) is 1.52. The largest absolute Gasteiger partial charge is 0.224 e. The Hall–Kier alpha value is -0.370. The molecule has 2 N–H and O–H groups in total. The van der Waals surface area contributed by atoms with Crippen molar-refractivity contribution in [2.75, 3.05) is 0 Å². The van der Waals surface area contributed by atoms with Crippen molar-refractivity contribution < 1.29 is 14.5 Å². The van der Waals surface area contributed by atoms with Crippen molar-refractivity contribution >= 4 is 12.9 Å². The molecule has 0 radical (unpaired) electrons. The van der Waals surface area contributed by atoms with E-state index in [9.17, 15) is 0 Å². The Morgan fingerprint density at radius 2 is 2.43 bits per heavy atom. The summed E-state index contributed by atoms with van der Waals surface area (Å²) in [6, 6.07) is 0. The number of hydrogen-bond donors (Lipinski definition) is 3. The first-order chi connectivity index (χ1) is 3.35. The third-order valence-corrected chi connectivity index (χ3v) is 0.361. The van der Waals surface area contributed by atoms with Crippen LogP contribution in [0.2, 0.25) is 0 Å². The summed E-state index contributed by atoms with van der Waals surface area (Å²) in [6.45, 7) is 0. The van der Waals surface area contributed by atoms with Crippen molar-refractivity contribution in [3.05, 3.63) is 0 Å². The average molecular weight is 125 g/mol. The van der Waals surface area contributed by atoms with E-state index in [2.05, 4.69) is 27.4 Å². The molecule has 7 heavy (non-hydrogen) atoms. The van der Waals surface area contributed by atoms with Crippen LogP contribution in [0.5, 0.6) is 0 Å². The maximum absolute atomic E-state index is 7.56. The molecule has 0 heterocycles. The fourth-order valence-electron chi connectivity index (χ4n) is 0.0514. The van der Waals surface area contributed by atoms with Crippen molar-refractivity contribution in [3.63, 3.8) is 0 Å². The molecule has 0 spiro atoms. The molecule has 0 rings (SSSR count). The maximum Gasteiger partial charge on any atom is 0.0301 e. The Morgan fingerprint density at radius 3 is 2.43 bits per heavy atom. The van der Waals surface area contributed by atoms with Gasteiger partial charge in [0.05, 0.1) is 0 Å². The molecule has 0 saturated heterocycles. The second-order valence-electron chi connectivity index (χ2n) is 0.501. The zero-order chi connectivity index (χ0) is 5.70. The summed E-state index contributed by atoms with van der Waals surface area (Å²) in [7, 11) is 0. The minimum absolute atomic E-state index is 0.0864. The second kappa shape index (κ2) is 3.81. The van der Waals surface area contributed by atoms with Gasteiger partial charge >= 0.3 is 0 Å². The molecule has 0 aromatic heterocycles. The third-order valence-electron chi connectivity index (χ3n) is 0.221. The minimum Gasteiger partial charge on any atom is -0.224 e. The summed E-state index contributed by atoms with van der Waals surface area (Å²) in [5.74, 6) is 0. The van der Waals surface area contributed by atoms with Crippen LogP contribution in [-0.4, -0.2) is 10.6 Å². The van der Waals surface area contributed by atoms with Crippen LogP contribution in [0.15, 0.2) is 5.22 Å². The molecule has 0 bridgehead atoms. The highest BCUT2D eigenvalue weighted by Crippen LogP contribution is 1.90. The molecule has 0 fully saturated rings. The fraction of sp³-hybridized carbons (Fsp3) is 0. The van der Waals surface area contributed by atoms with Crippen LogP contribution in [0.4, 0.5) is 0 Å². The van der Waals surface area contributed by atoms with E-state index in [0.717, 1.165) is 0 Å². The van der Waals surface area contributed by atoms with Gasteiger partial charge in [-0.25, -0.2) is 5.26 Å². The topological polar surface area (TPSA) is 78.1 Å². The Labute approximate surface area is 44.6 Å². The molecule has 7 heteroatoms. The summed E-state index contributed by atoms with van der Waals surface area (Å²) in [5.41, 5.74) is 6.05. The Morgan fingerprint density at radius 1 is 1.86 bits per heavy atom. The number of nitrogens with zero attached hydrogens (tertiary/aromatic N) is 2. The summed E-state index contributed by atoms with van der Waals surface area (Å²) in [4.78, 5) is 3.23. The lowest BCUT2D eigenvalue weighted by Crippen LogP contribution is -2.09. The molecular weight excluding hydrogens is 122 g/mol. The summed E-state index contributed by atoms with van der Waals surface area (Å²) in [6.07, 6.45) is 0. The Balaban J connectivity index is 3.16. The standard InChI is InChI=1S/H3N3O3S/c1-2-3(5-4)6-7/h1,4,7H. The van der Waals surface area contributed by atoms with E-state index >= 15 is 0 Å². The van der Waals surface area contributed by atoms with Gasteiger partial charge in [0, 0.05) is 18.2 Å². The fourth-order valence-corrected chi connectivity index (χ4v) is 0.118. The van der Waals surface area contributed by atoms with E-state index in [1.807, 2.05) is 0 Å². The van der Waals surface area contributed by atoms with Gasteiger partial charge in [0.1, 0.15) is 0 Å². The van der Waals surface area contributed by atoms with Gasteiger partial charge in [0.15, 0.2) is 0 Å². The quantitative estimate of drug-likeness (QED) is 0.168. The lowest BCUT2D eigenvalue weighted by molar-refractivity contribution is -0.479. The molecule has 0 aliphatic rings. The van der Waals surface area contributed by atoms with Crippen LogP contribution in [-0.2, 0) is 9.27 Å². The minimum atomic E-state index is 0.0864. The Bertz CT molecular complexity index is 52.1. The first-order valence-electron chi connectivity index (χ1n) is 1.15. The van der Waals surface area contributed by atoms with E-state index in [4.69, 9.17) is 10.8 Å². The molecule has 0 unspecified atom stereocenters. The third kappa shape index (κ3) is 2.34. The molecule has 0 aromatic carbocycles. The number of rotatable bonds is 3. The highest BCUT2D eigenvalue weighted by Gasteiger charge is 1.92. The normalized spacial score (nSPS) is 8.29. The van der Waals surface area contributed by atoms with Crippen molar-refractivity contribution in [2.24, 2.45) is 5.22 Å². The van der Waals surface area contributed by atoms with Crippen LogP contribution >= 0.6 is 12.9 Å². The first kappa shape index (κ1) is 6.63. The SMILES string of the molecule is N=NN(OO)OS. The summed E-state index contributed by atoms with van der Waals surface area (Å²) in [5, 5.41) is 10.1. The molecule has 6 nitrogen and oxygen atoms in total. The number of thiol groups is 1. The van der Waals surface area contributed by atoms with Gasteiger partial charge in [-0.2, -0.15) is 9.81 Å². The predicted octanol–water partition coefficient (Wildman–Crippen LogP) is 0.415. The van der Waals surface area contributed by atoms with Crippen molar-refractivity contribution in [3.8, 4) is 0 Å². The van der Waals surface area contributed by atoms with Gasteiger partial charge in [0.2, 0.25) is 0 Å². The van der Waals surface area contributed by atoms with Crippen molar-refractivity contribution in [1.82, 2.24) is 5.34 Å². The zero-order valence-electron chi connectivity index (χ0n) is 3.11. The van der Waals surface area contributed by atoms with Crippen LogP contribution in [0.3, 0.4) is 0 Å². The van der Waals surface area contributed by atoms with Gasteiger partial charge in [0.25, 0.3) is 0 Å². The van der Waals surface area contributed by atoms with E-state index in [0.29, 0.717) is 0 Å². The summed E-state index contributed by atoms with van der Waals surface area (Å²) >= 11 is 3.10. The lowest BCUT2D eigenvalue weighted by atomic mass is 12.5. The average Bonchev–Trinajstić information content (AvgIpc) is 1.72. The lowest BCUT2D eigenvalue weighted by Gasteiger charge is -2.01. The highest BCUT2D eigenvalue weighted by molar-refractivity contribution is 7.75. The zero-order valence-corrected chi connectivity index (χ0v) is 4.00. The maximum atomic E-state index is 7.56. The monoisotopic (exact) mass is 125 g/mol. The van der Waals surface area contributed by atoms with Gasteiger partial charge in [-0.3, -0.25) is 0 Å². The van der Waals surface area contributed by atoms with E-state index in [1.165, 1.54) is 0 Å². The van der Waals surface area contributed by atoms with Crippen LogP contribution in [0.1, 0.15) is 0 Å². The van der Waals surface area contributed by atoms with Gasteiger partial charge in [-0.1, -0.05) is 4.99 Å². The molecule has 0 saturated carbocycles. The number of nitrogens with one attached hydrogen (secondary N) is 1. The van der Waals surface area contributed by atoms with Crippen molar-refractivity contribution in [1.29, 1.82) is 5.53 Å². The molecule has 42 valence electrons. The van der Waals surface area contributed by atoms with Crippen molar-refractivity contribution in [2.45, 2.75) is 0 Å². The molecular formula is H3N3O3S. The molecule has 0 aromatic rings. The smallest absolute Gasteiger partial charge is 0.0301 e. The van der Waals surface area contributed by atoms with Crippen LogP contribution in [0.25, 0.3) is 0 Å². The van der Waals surface area contributed by atoms with Crippen LogP contribution in [0, 0.1) is 5.53 Å².